The van der Waals surface area contributed by atoms with Gasteiger partial charge in [0.05, 0.1) is 11.3 Å². The summed E-state index contributed by atoms with van der Waals surface area (Å²) < 4.78 is 16.5. The molecule has 12 nitrogen and oxygen atoms in total. The fraction of sp³-hybridized carbons (Fsp3) is 0.250. The van der Waals surface area contributed by atoms with Crippen LogP contribution in [-0.2, 0) is 32.8 Å². The van der Waals surface area contributed by atoms with E-state index in [9.17, 15) is 23.6 Å². The Bertz CT molecular complexity index is 1380. The van der Waals surface area contributed by atoms with Gasteiger partial charge in [0.15, 0.2) is 0 Å². The number of aliphatic carboxylic acids is 4. The van der Waals surface area contributed by atoms with Gasteiger partial charge >= 0.3 is 23.9 Å². The van der Waals surface area contributed by atoms with Crippen LogP contribution in [0.4, 0.5) is 4.39 Å². The monoisotopic (exact) mass is 570 g/mol. The van der Waals surface area contributed by atoms with E-state index < -0.39 is 29.8 Å². The lowest BCUT2D eigenvalue weighted by Crippen LogP contribution is -2.43. The number of aromatic nitrogens is 2. The Labute approximate surface area is 234 Å². The van der Waals surface area contributed by atoms with Gasteiger partial charge < -0.3 is 29.9 Å². The molecule has 13 heteroatoms. The number of hydrogen-bond donors (Lipinski definition) is 4. The highest BCUT2D eigenvalue weighted by Crippen LogP contribution is 2.29. The second-order valence-electron chi connectivity index (χ2n) is 8.93. The highest BCUT2D eigenvalue weighted by molar-refractivity contribution is 5.90. The lowest BCUT2D eigenvalue weighted by atomic mass is 10.1. The Morgan fingerprint density at radius 1 is 0.829 bits per heavy atom. The second kappa shape index (κ2) is 15.6. The summed E-state index contributed by atoms with van der Waals surface area (Å²) in [6.07, 6.45) is 3.90. The minimum absolute atomic E-state index is 0.409. The molecule has 41 heavy (non-hydrogen) atoms. The summed E-state index contributed by atoms with van der Waals surface area (Å²) in [4.78, 5) is 47.0. The summed E-state index contributed by atoms with van der Waals surface area (Å²) in [5.41, 5.74) is 3.60. The van der Waals surface area contributed by atoms with E-state index >= 15 is 0 Å². The molecule has 0 radical (unpaired) electrons. The molecule has 1 fully saturated rings. The van der Waals surface area contributed by atoms with Crippen LogP contribution in [0.5, 0.6) is 0 Å². The third-order valence-corrected chi connectivity index (χ3v) is 5.86. The Balaban J connectivity index is 0.000000304. The molecule has 0 spiro atoms. The third kappa shape index (κ3) is 11.0. The zero-order chi connectivity index (χ0) is 30.5. The molecule has 0 amide bonds. The number of nitrogens with zero attached hydrogens (tertiary/aromatic N) is 4. The molecule has 3 aromatic rings. The Kier molecular flexibility index (Phi) is 12.3. The molecule has 0 atom stereocenters. The zero-order valence-corrected chi connectivity index (χ0v) is 22.5. The lowest BCUT2D eigenvalue weighted by Gasteiger charge is -2.32. The topological polar surface area (TPSA) is 174 Å². The molecule has 218 valence electrons. The number of carboxylic acid groups (broad SMARTS) is 4. The van der Waals surface area contributed by atoms with Crippen molar-refractivity contribution < 1.29 is 44.0 Å². The molecule has 0 aliphatic carbocycles. The van der Waals surface area contributed by atoms with E-state index in [2.05, 4.69) is 34.0 Å². The van der Waals surface area contributed by atoms with Crippen molar-refractivity contribution in [1.82, 2.24) is 19.4 Å². The van der Waals surface area contributed by atoms with Crippen LogP contribution in [0, 0.1) is 5.95 Å². The van der Waals surface area contributed by atoms with Gasteiger partial charge in [0.1, 0.15) is 0 Å². The maximum absolute atomic E-state index is 14.4. The second-order valence-corrected chi connectivity index (χ2v) is 8.93. The van der Waals surface area contributed by atoms with Crippen molar-refractivity contribution in [2.24, 2.45) is 7.05 Å². The normalized spacial score (nSPS) is 13.8. The van der Waals surface area contributed by atoms with Crippen LogP contribution in [0.2, 0.25) is 0 Å². The van der Waals surface area contributed by atoms with Crippen molar-refractivity contribution in [3.05, 3.63) is 78.4 Å². The number of hydrogen-bond acceptors (Lipinski definition) is 7. The number of aryl methyl sites for hydroxylation is 1. The van der Waals surface area contributed by atoms with Gasteiger partial charge in [0.2, 0.25) is 5.95 Å². The largest absolute Gasteiger partial charge is 0.478 e. The standard InChI is InChI=1S/C20H23FN4.2C4H4O4/c1-23-7-9-25(10-8-23)14-15-11-17(20(21)22-13-15)19-12-16-5-3-4-6-18(16)24(19)2;2*5-3(6)1-2-4(7)8/h3-6,11-13H,7-10,14H2,1-2H3;2*1-2H,(H,5,6)(H,7,8). The summed E-state index contributed by atoms with van der Waals surface area (Å²) in [5.74, 6) is -5.44. The average Bonchev–Trinajstić information content (AvgIpc) is 3.25. The number of rotatable bonds is 7. The van der Waals surface area contributed by atoms with Gasteiger partial charge in [0, 0.05) is 81.2 Å². The van der Waals surface area contributed by atoms with Crippen LogP contribution in [0.1, 0.15) is 5.56 Å². The van der Waals surface area contributed by atoms with Crippen LogP contribution < -0.4 is 0 Å². The molecule has 2 aromatic heterocycles. The Hall–Kier alpha value is -4.88. The van der Waals surface area contributed by atoms with Crippen LogP contribution in [0.25, 0.3) is 22.2 Å². The summed E-state index contributed by atoms with van der Waals surface area (Å²) in [7, 11) is 4.12. The van der Waals surface area contributed by atoms with Gasteiger partial charge in [-0.3, -0.25) is 4.90 Å². The van der Waals surface area contributed by atoms with Crippen molar-refractivity contribution in [3.63, 3.8) is 0 Å². The quantitative estimate of drug-likeness (QED) is 0.243. The summed E-state index contributed by atoms with van der Waals surface area (Å²) >= 11 is 0. The molecule has 4 rings (SSSR count). The number of carboxylic acids is 4. The maximum atomic E-state index is 14.4. The molecule has 1 aromatic carbocycles. The predicted molar refractivity (Wildman–Crippen MR) is 148 cm³/mol. The highest BCUT2D eigenvalue weighted by atomic mass is 19.1. The van der Waals surface area contributed by atoms with E-state index in [1.165, 1.54) is 0 Å². The van der Waals surface area contributed by atoms with Crippen molar-refractivity contribution >= 4 is 34.8 Å². The van der Waals surface area contributed by atoms with Crippen LogP contribution in [0.3, 0.4) is 0 Å². The van der Waals surface area contributed by atoms with Crippen molar-refractivity contribution in [1.29, 1.82) is 0 Å². The van der Waals surface area contributed by atoms with Gasteiger partial charge in [-0.05, 0) is 30.8 Å². The predicted octanol–water partition coefficient (Wildman–Crippen LogP) is 2.55. The fourth-order valence-electron chi connectivity index (χ4n) is 3.85. The Morgan fingerprint density at radius 2 is 1.34 bits per heavy atom. The van der Waals surface area contributed by atoms with E-state index in [1.54, 1.807) is 6.20 Å². The van der Waals surface area contributed by atoms with E-state index in [1.807, 2.05) is 35.9 Å². The van der Waals surface area contributed by atoms with E-state index in [-0.39, 0.29) is 0 Å². The Morgan fingerprint density at radius 3 is 1.83 bits per heavy atom. The first kappa shape index (κ1) is 32.3. The number of halogens is 1. The molecular formula is C28H31FN4O8. The third-order valence-electron chi connectivity index (χ3n) is 5.86. The van der Waals surface area contributed by atoms with Gasteiger partial charge in [-0.1, -0.05) is 18.2 Å². The number of likely N-dealkylation sites (N-methyl/N-ethyl adjacent to an activating group) is 1. The van der Waals surface area contributed by atoms with E-state index in [0.717, 1.165) is 54.9 Å². The molecule has 0 bridgehead atoms. The first-order valence-corrected chi connectivity index (χ1v) is 12.3. The summed E-state index contributed by atoms with van der Waals surface area (Å²) in [5, 5.41) is 32.4. The number of carbonyl (C=O) groups is 4. The van der Waals surface area contributed by atoms with Crippen LogP contribution >= 0.6 is 0 Å². The first-order valence-electron chi connectivity index (χ1n) is 12.3. The first-order chi connectivity index (χ1) is 19.4. The lowest BCUT2D eigenvalue weighted by molar-refractivity contribution is -0.134. The fourth-order valence-corrected chi connectivity index (χ4v) is 3.85. The number of benzene rings is 1. The van der Waals surface area contributed by atoms with E-state index in [0.29, 0.717) is 29.9 Å². The molecule has 1 aliphatic heterocycles. The van der Waals surface area contributed by atoms with Crippen LogP contribution in [-0.4, -0.2) is 96.9 Å². The molecule has 0 unspecified atom stereocenters. The van der Waals surface area contributed by atoms with Crippen molar-refractivity contribution in [2.75, 3.05) is 33.2 Å². The molecule has 4 N–H and O–H groups in total. The summed E-state index contributed by atoms with van der Waals surface area (Å²) in [6.45, 7) is 5.04. The molecule has 1 aliphatic rings. The van der Waals surface area contributed by atoms with Gasteiger partial charge in [-0.15, -0.1) is 0 Å². The van der Waals surface area contributed by atoms with Gasteiger partial charge in [-0.25, -0.2) is 24.2 Å². The number of piperazine rings is 1. The van der Waals surface area contributed by atoms with Gasteiger partial charge in [0.25, 0.3) is 0 Å². The van der Waals surface area contributed by atoms with Gasteiger partial charge in [-0.2, -0.15) is 4.39 Å². The SMILES string of the molecule is CN1CCN(Cc2cnc(F)c(-c3cc4ccccc4n3C)c2)CC1.O=C(O)C=CC(=O)O.O=C(O)C=CC(=O)O. The molecule has 1 saturated heterocycles. The van der Waals surface area contributed by atoms with Crippen molar-refractivity contribution in [2.45, 2.75) is 6.54 Å². The zero-order valence-electron chi connectivity index (χ0n) is 22.5. The molecule has 3 heterocycles. The van der Waals surface area contributed by atoms with Crippen LogP contribution in [0.15, 0.2) is 66.9 Å². The minimum Gasteiger partial charge on any atom is -0.478 e. The average molecular weight is 571 g/mol. The number of fused-ring (bicyclic) bond motifs is 1. The smallest absolute Gasteiger partial charge is 0.328 e. The van der Waals surface area contributed by atoms with Crippen molar-refractivity contribution in [3.8, 4) is 11.3 Å². The number of pyridine rings is 1. The van der Waals surface area contributed by atoms with E-state index in [4.69, 9.17) is 20.4 Å². The minimum atomic E-state index is -1.26. The maximum Gasteiger partial charge on any atom is 0.328 e. The number of para-hydroxylation sites is 1. The molecular weight excluding hydrogens is 539 g/mol. The molecule has 0 saturated carbocycles. The highest BCUT2D eigenvalue weighted by Gasteiger charge is 2.17. The summed E-state index contributed by atoms with van der Waals surface area (Å²) in [6, 6.07) is 12.1.